The molecule has 0 aliphatic carbocycles. The van der Waals surface area contributed by atoms with Crippen molar-refractivity contribution in [2.45, 2.75) is 231 Å². The zero-order valence-corrected chi connectivity index (χ0v) is 38.5. The zero-order valence-electron chi connectivity index (χ0n) is 37.6. The summed E-state index contributed by atoms with van der Waals surface area (Å²) >= 11 is 0. The number of likely N-dealkylation sites (N-methyl/N-ethyl adjacent to an activating group) is 1. The number of carbonyl (C=O) groups excluding carboxylic acids is 1. The molecule has 0 aromatic heterocycles. The Kier molecular flexibility index (Phi) is 38.7. The topological polar surface area (TPSA) is 105 Å². The Labute approximate surface area is 347 Å². The lowest BCUT2D eigenvalue weighted by Gasteiger charge is -2.25. The fraction of sp³-hybridized carbons (Fsp3) is 0.894. The Bertz CT molecular complexity index is 969. The number of quaternary nitrogens is 1. The van der Waals surface area contributed by atoms with Crippen LogP contribution in [0.5, 0.6) is 0 Å². The van der Waals surface area contributed by atoms with Crippen molar-refractivity contribution in [2.24, 2.45) is 0 Å². The first-order valence-electron chi connectivity index (χ1n) is 23.7. The minimum atomic E-state index is -4.32. The first kappa shape index (κ1) is 55.0. The Morgan fingerprint density at radius 3 is 1.43 bits per heavy atom. The van der Waals surface area contributed by atoms with E-state index >= 15 is 0 Å². The van der Waals surface area contributed by atoms with Gasteiger partial charge in [-0.05, 0) is 32.1 Å². The van der Waals surface area contributed by atoms with E-state index in [1.165, 1.54) is 161 Å². The molecule has 0 spiro atoms. The normalized spacial score (nSPS) is 14.5. The van der Waals surface area contributed by atoms with Crippen molar-refractivity contribution in [3.8, 4) is 0 Å². The summed E-state index contributed by atoms with van der Waals surface area (Å²) in [4.78, 5) is 22.6. The molecule has 9 heteroatoms. The molecule has 8 nitrogen and oxygen atoms in total. The molecule has 332 valence electrons. The predicted octanol–water partition coefficient (Wildman–Crippen LogP) is 13.3. The van der Waals surface area contributed by atoms with Crippen LogP contribution >= 0.6 is 7.82 Å². The van der Waals surface area contributed by atoms with E-state index in [0.29, 0.717) is 17.4 Å². The van der Waals surface area contributed by atoms with Crippen LogP contribution in [0.15, 0.2) is 24.3 Å². The molecule has 1 amide bonds. The van der Waals surface area contributed by atoms with Crippen LogP contribution in [0.3, 0.4) is 0 Å². The molecule has 0 aromatic carbocycles. The monoisotopic (exact) mass is 814 g/mol. The number of allylic oxidation sites excluding steroid dienone is 3. The van der Waals surface area contributed by atoms with E-state index in [1.807, 2.05) is 27.2 Å². The van der Waals surface area contributed by atoms with E-state index in [9.17, 15) is 19.4 Å². The first-order chi connectivity index (χ1) is 27.0. The lowest BCUT2D eigenvalue weighted by molar-refractivity contribution is -0.870. The summed E-state index contributed by atoms with van der Waals surface area (Å²) in [6.45, 7) is 4.62. The highest BCUT2D eigenvalue weighted by Gasteiger charge is 2.27. The van der Waals surface area contributed by atoms with E-state index in [0.717, 1.165) is 38.5 Å². The molecule has 0 heterocycles. The van der Waals surface area contributed by atoms with Crippen LogP contribution in [0.2, 0.25) is 0 Å². The summed E-state index contributed by atoms with van der Waals surface area (Å²) in [5.41, 5.74) is 0. The maximum Gasteiger partial charge on any atom is 0.472 e. The highest BCUT2D eigenvalue weighted by molar-refractivity contribution is 7.47. The second kappa shape index (κ2) is 39.4. The lowest BCUT2D eigenvalue weighted by Crippen LogP contribution is -2.45. The molecular formula is C47H94N2O6P+. The van der Waals surface area contributed by atoms with E-state index in [-0.39, 0.29) is 19.1 Å². The molecule has 56 heavy (non-hydrogen) atoms. The zero-order chi connectivity index (χ0) is 41.4. The van der Waals surface area contributed by atoms with Crippen molar-refractivity contribution >= 4 is 13.7 Å². The van der Waals surface area contributed by atoms with E-state index in [2.05, 4.69) is 31.3 Å². The Hall–Kier alpha value is -1.02. The van der Waals surface area contributed by atoms with E-state index in [1.54, 1.807) is 6.08 Å². The number of nitrogens with zero attached hydrogens (tertiary/aromatic N) is 1. The number of aliphatic hydroxyl groups excluding tert-OH is 1. The van der Waals surface area contributed by atoms with Crippen LogP contribution in [0.4, 0.5) is 0 Å². The van der Waals surface area contributed by atoms with Gasteiger partial charge in [-0.1, -0.05) is 205 Å². The van der Waals surface area contributed by atoms with Crippen molar-refractivity contribution in [3.05, 3.63) is 24.3 Å². The first-order valence-corrected chi connectivity index (χ1v) is 25.2. The number of phosphoric acid groups is 1. The molecule has 0 bridgehead atoms. The Morgan fingerprint density at radius 1 is 0.589 bits per heavy atom. The minimum absolute atomic E-state index is 0.0565. The summed E-state index contributed by atoms with van der Waals surface area (Å²) in [7, 11) is 1.55. The number of phosphoric ester groups is 1. The summed E-state index contributed by atoms with van der Waals surface area (Å²) in [5.74, 6) is -0.211. The number of amides is 1. The molecule has 0 fully saturated rings. The number of carbonyl (C=O) groups is 1. The summed E-state index contributed by atoms with van der Waals surface area (Å²) < 4.78 is 23.3. The highest BCUT2D eigenvalue weighted by atomic mass is 31.2. The average molecular weight is 814 g/mol. The van der Waals surface area contributed by atoms with Crippen LogP contribution in [0.1, 0.15) is 219 Å². The molecule has 0 radical (unpaired) electrons. The van der Waals surface area contributed by atoms with Crippen LogP contribution < -0.4 is 5.32 Å². The van der Waals surface area contributed by atoms with Gasteiger partial charge in [-0.25, -0.2) is 4.57 Å². The maximum atomic E-state index is 12.5. The largest absolute Gasteiger partial charge is 0.472 e. The number of hydrogen-bond acceptors (Lipinski definition) is 5. The third-order valence-corrected chi connectivity index (χ3v) is 11.7. The van der Waals surface area contributed by atoms with Crippen molar-refractivity contribution in [2.75, 3.05) is 40.9 Å². The van der Waals surface area contributed by atoms with Gasteiger partial charge >= 0.3 is 7.82 Å². The van der Waals surface area contributed by atoms with Crippen LogP contribution in [0, 0.1) is 0 Å². The SMILES string of the molecule is CCCCCCCCCCCCCCCCCCCCCCCCCCC/C=C/CC/C=C/C(O)C(COP(=O)(O)OCC[N+](C)(C)C)NC(=O)CCCCC. The molecule has 0 saturated heterocycles. The molecule has 3 atom stereocenters. The van der Waals surface area contributed by atoms with E-state index < -0.39 is 20.0 Å². The smallest absolute Gasteiger partial charge is 0.387 e. The molecule has 0 aromatic rings. The van der Waals surface area contributed by atoms with Gasteiger partial charge in [0.15, 0.2) is 0 Å². The van der Waals surface area contributed by atoms with Gasteiger partial charge in [0.05, 0.1) is 39.9 Å². The average Bonchev–Trinajstić information content (AvgIpc) is 3.15. The third-order valence-electron chi connectivity index (χ3n) is 10.7. The summed E-state index contributed by atoms with van der Waals surface area (Å²) in [6, 6.07) is -0.855. The minimum Gasteiger partial charge on any atom is -0.387 e. The maximum absolute atomic E-state index is 12.5. The van der Waals surface area contributed by atoms with Gasteiger partial charge in [-0.2, -0.15) is 0 Å². The van der Waals surface area contributed by atoms with Gasteiger partial charge in [0.1, 0.15) is 13.2 Å². The van der Waals surface area contributed by atoms with Gasteiger partial charge in [0.2, 0.25) is 5.91 Å². The van der Waals surface area contributed by atoms with Crippen molar-refractivity contribution in [1.82, 2.24) is 5.32 Å². The number of unbranched alkanes of at least 4 members (excludes halogenated alkanes) is 28. The van der Waals surface area contributed by atoms with Crippen LogP contribution in [-0.2, 0) is 18.4 Å². The predicted molar refractivity (Wildman–Crippen MR) is 240 cm³/mol. The molecule has 0 saturated carbocycles. The van der Waals surface area contributed by atoms with Crippen molar-refractivity contribution in [1.29, 1.82) is 0 Å². The molecule has 0 aliphatic rings. The van der Waals surface area contributed by atoms with Crippen LogP contribution in [0.25, 0.3) is 0 Å². The quantitative estimate of drug-likeness (QED) is 0.0245. The number of nitrogens with one attached hydrogen (secondary N) is 1. The number of aliphatic hydroxyl groups is 1. The number of hydrogen-bond donors (Lipinski definition) is 3. The molecule has 3 unspecified atom stereocenters. The lowest BCUT2D eigenvalue weighted by atomic mass is 10.0. The Balaban J connectivity index is 3.86. The van der Waals surface area contributed by atoms with Gasteiger partial charge in [-0.15, -0.1) is 0 Å². The second-order valence-corrected chi connectivity index (χ2v) is 18.9. The fourth-order valence-corrected chi connectivity index (χ4v) is 7.62. The van der Waals surface area contributed by atoms with Crippen molar-refractivity contribution in [3.63, 3.8) is 0 Å². The van der Waals surface area contributed by atoms with Crippen LogP contribution in [-0.4, -0.2) is 73.4 Å². The second-order valence-electron chi connectivity index (χ2n) is 17.5. The Morgan fingerprint density at radius 2 is 0.982 bits per heavy atom. The van der Waals surface area contributed by atoms with Crippen molar-refractivity contribution < 1.29 is 32.9 Å². The summed E-state index contributed by atoms with van der Waals surface area (Å²) in [6.07, 6.45) is 48.1. The fourth-order valence-electron chi connectivity index (χ4n) is 6.88. The van der Waals surface area contributed by atoms with Gasteiger partial charge < -0.3 is 19.8 Å². The molecule has 0 rings (SSSR count). The molecular weight excluding hydrogens is 719 g/mol. The summed E-state index contributed by atoms with van der Waals surface area (Å²) in [5, 5.41) is 13.6. The van der Waals surface area contributed by atoms with Gasteiger partial charge in [0.25, 0.3) is 0 Å². The third kappa shape index (κ3) is 41.2. The van der Waals surface area contributed by atoms with Gasteiger partial charge in [0, 0.05) is 6.42 Å². The highest BCUT2D eigenvalue weighted by Crippen LogP contribution is 2.43. The molecule has 0 aliphatic heterocycles. The van der Waals surface area contributed by atoms with Gasteiger partial charge in [-0.3, -0.25) is 13.8 Å². The standard InChI is InChI=1S/C47H93N2O6P/c1-6-8-10-11-12-13-14-15-16-17-18-19-20-21-22-23-24-25-26-27-28-29-30-31-32-33-34-35-36-37-39-40-46(50)45(48-47(51)41-38-9-7-2)44-55-56(52,53)54-43-42-49(3,4)5/h34-35,39-40,45-46,50H,6-33,36-38,41-44H2,1-5H3,(H-,48,51,52,53)/p+1/b35-34+,40-39+. The van der Waals surface area contributed by atoms with E-state index in [4.69, 9.17) is 9.05 Å². The molecule has 3 N–H and O–H groups in total. The number of rotatable bonds is 43.